The molecule has 0 aliphatic rings. The van der Waals surface area contributed by atoms with Crippen molar-refractivity contribution in [3.05, 3.63) is 83.5 Å². The van der Waals surface area contributed by atoms with Crippen LogP contribution in [0, 0.1) is 11.8 Å². The van der Waals surface area contributed by atoms with E-state index in [9.17, 15) is 43.8 Å². The molecule has 1 aromatic heterocycles. The predicted octanol–water partition coefficient (Wildman–Crippen LogP) is 5.79. The van der Waals surface area contributed by atoms with Crippen LogP contribution in [0.2, 0.25) is 0 Å². The highest BCUT2D eigenvalue weighted by atomic mass is 32.2. The molecule has 18 nitrogen and oxygen atoms in total. The fourth-order valence-corrected chi connectivity index (χ4v) is 6.59. The molecule has 0 unspecified atom stereocenters. The van der Waals surface area contributed by atoms with Crippen LogP contribution in [-0.2, 0) is 30.4 Å². The average Bonchev–Trinajstić information content (AvgIpc) is 3.02. The Labute approximate surface area is 278 Å². The number of anilines is 4. The maximum Gasteiger partial charge on any atom is 0.296 e. The number of nitrogens with one attached hydrogen (secondary N) is 1. The third-order valence-corrected chi connectivity index (χ3v) is 9.40. The molecule has 0 spiro atoms. The van der Waals surface area contributed by atoms with E-state index in [-0.39, 0.29) is 34.2 Å². The van der Waals surface area contributed by atoms with Crippen LogP contribution in [-0.4, -0.2) is 60.4 Å². The van der Waals surface area contributed by atoms with Crippen molar-refractivity contribution in [3.8, 4) is 0 Å². The Balaban J connectivity index is 1.79. The van der Waals surface area contributed by atoms with Gasteiger partial charge < -0.3 is 10.2 Å². The molecule has 0 saturated heterocycles. The van der Waals surface area contributed by atoms with Gasteiger partial charge in [0.15, 0.2) is 0 Å². The van der Waals surface area contributed by atoms with Crippen molar-refractivity contribution in [2.45, 2.75) is 28.5 Å². The van der Waals surface area contributed by atoms with E-state index in [1.54, 1.807) is 11.8 Å². The summed E-state index contributed by atoms with van der Waals surface area (Å²) in [4.78, 5) is 24.7. The summed E-state index contributed by atoms with van der Waals surface area (Å²) in [7, 11) is -15.1. The van der Waals surface area contributed by atoms with Gasteiger partial charge in [-0.05, 0) is 66.9 Å². The zero-order valence-electron chi connectivity index (χ0n) is 25.2. The summed E-state index contributed by atoms with van der Waals surface area (Å²) in [5.74, 6) is 0.214. The lowest BCUT2D eigenvalue weighted by atomic mass is 10.1. The number of para-hydroxylation sites is 1. The number of aromatic nitrogens is 3. The van der Waals surface area contributed by atoms with Gasteiger partial charge in [0, 0.05) is 17.6 Å². The molecule has 0 amide bonds. The van der Waals surface area contributed by atoms with Crippen molar-refractivity contribution in [3.63, 3.8) is 0 Å². The molecule has 0 aliphatic heterocycles. The van der Waals surface area contributed by atoms with Crippen molar-refractivity contribution in [1.82, 2.24) is 15.0 Å². The highest BCUT2D eigenvalue weighted by Gasteiger charge is 2.27. The van der Waals surface area contributed by atoms with E-state index in [0.29, 0.717) is 6.54 Å². The van der Waals surface area contributed by atoms with Gasteiger partial charge in [-0.15, -0.1) is 15.1 Å². The molecule has 0 bridgehead atoms. The minimum atomic E-state index is -5.26. The van der Waals surface area contributed by atoms with Crippen LogP contribution in [0.1, 0.15) is 12.7 Å². The molecule has 4 N–H and O–H groups in total. The molecule has 0 saturated carbocycles. The number of hydrogen-bond acceptors (Lipinski definition) is 15. The van der Waals surface area contributed by atoms with Gasteiger partial charge in [-0.2, -0.15) is 40.2 Å². The topological polar surface area (TPSA) is 271 Å². The molecular weight excluding hydrogens is 705 g/mol. The molecular formula is C28H24N8O10S3. The second-order valence-corrected chi connectivity index (χ2v) is 14.2. The summed E-state index contributed by atoms with van der Waals surface area (Å²) in [6.45, 7) is 3.82. The largest absolute Gasteiger partial charge is 0.323 e. The van der Waals surface area contributed by atoms with Crippen molar-refractivity contribution < 1.29 is 38.9 Å². The molecule has 0 aliphatic carbocycles. The smallest absolute Gasteiger partial charge is 0.296 e. The maximum atomic E-state index is 12.5. The lowest BCUT2D eigenvalue weighted by Crippen LogP contribution is -2.20. The first-order chi connectivity index (χ1) is 23.0. The highest BCUT2D eigenvalue weighted by Crippen LogP contribution is 2.46. The Morgan fingerprint density at radius 3 is 2.02 bits per heavy atom. The van der Waals surface area contributed by atoms with Gasteiger partial charge in [0.2, 0.25) is 11.9 Å². The summed E-state index contributed by atoms with van der Waals surface area (Å²) in [6, 6.07) is 16.2. The van der Waals surface area contributed by atoms with Gasteiger partial charge in [0.1, 0.15) is 32.7 Å². The number of nitrogens with zero attached hydrogens (tertiary/aromatic N) is 7. The summed E-state index contributed by atoms with van der Waals surface area (Å²) in [5, 5.41) is 12.5. The van der Waals surface area contributed by atoms with Gasteiger partial charge >= 0.3 is 0 Å². The van der Waals surface area contributed by atoms with Crippen LogP contribution in [0.4, 0.5) is 40.3 Å². The fraction of sp³-hybridized carbons (Fsp3) is 0.107. The SMILES string of the molecule is CCN(c1ccccc1)c1nc(C)nc(Nc2cc(S(=O)(=O)O)cc3cc(S(=O)(=O)O)c(/N=N/c4ccccc4S(=O)(=O)O)c(N=O)c23)n1. The fourth-order valence-electron chi connectivity index (χ4n) is 4.76. The van der Waals surface area contributed by atoms with Gasteiger partial charge in [-0.1, -0.05) is 30.3 Å². The first-order valence-electron chi connectivity index (χ1n) is 13.7. The van der Waals surface area contributed by atoms with Crippen molar-refractivity contribution >= 4 is 81.5 Å². The number of nitroso groups, excluding NO2 is 1. The van der Waals surface area contributed by atoms with E-state index >= 15 is 0 Å². The first kappa shape index (κ1) is 35.0. The Kier molecular flexibility index (Phi) is 9.50. The molecule has 5 aromatic rings. The van der Waals surface area contributed by atoms with E-state index < -0.39 is 62.1 Å². The second kappa shape index (κ2) is 13.3. The van der Waals surface area contributed by atoms with Crippen LogP contribution in [0.5, 0.6) is 0 Å². The van der Waals surface area contributed by atoms with E-state index in [0.717, 1.165) is 36.0 Å². The zero-order chi connectivity index (χ0) is 35.7. The van der Waals surface area contributed by atoms with Crippen LogP contribution in [0.15, 0.2) is 103 Å². The maximum absolute atomic E-state index is 12.5. The number of aryl methyl sites for hydroxylation is 1. The minimum Gasteiger partial charge on any atom is -0.323 e. The molecule has 1 heterocycles. The van der Waals surface area contributed by atoms with Crippen LogP contribution in [0.3, 0.4) is 0 Å². The summed E-state index contributed by atoms with van der Waals surface area (Å²) in [6.07, 6.45) is 0. The summed E-state index contributed by atoms with van der Waals surface area (Å²) in [5.41, 5.74) is -1.73. The number of azo groups is 1. The van der Waals surface area contributed by atoms with E-state index in [2.05, 4.69) is 35.7 Å². The van der Waals surface area contributed by atoms with Gasteiger partial charge in [-0.25, -0.2) is 0 Å². The van der Waals surface area contributed by atoms with Gasteiger partial charge in [0.05, 0.1) is 10.6 Å². The Morgan fingerprint density at radius 1 is 0.755 bits per heavy atom. The molecule has 254 valence electrons. The minimum absolute atomic E-state index is 0.174. The number of rotatable bonds is 11. The van der Waals surface area contributed by atoms with E-state index in [1.807, 2.05) is 37.3 Å². The molecule has 5 rings (SSSR count). The molecule has 4 aromatic carbocycles. The van der Waals surface area contributed by atoms with Crippen molar-refractivity contribution in [2.24, 2.45) is 15.4 Å². The Bertz CT molecular complexity index is 2480. The molecule has 49 heavy (non-hydrogen) atoms. The molecule has 0 radical (unpaired) electrons. The van der Waals surface area contributed by atoms with Crippen LogP contribution < -0.4 is 10.2 Å². The first-order valence-corrected chi connectivity index (χ1v) is 18.1. The summed E-state index contributed by atoms with van der Waals surface area (Å²) >= 11 is 0. The van der Waals surface area contributed by atoms with E-state index in [4.69, 9.17) is 0 Å². The van der Waals surface area contributed by atoms with Crippen molar-refractivity contribution in [2.75, 3.05) is 16.8 Å². The lowest BCUT2D eigenvalue weighted by molar-refractivity contribution is 0.480. The third-order valence-electron chi connectivity index (χ3n) is 6.80. The summed E-state index contributed by atoms with van der Waals surface area (Å²) < 4.78 is 103. The Morgan fingerprint density at radius 2 is 1.41 bits per heavy atom. The lowest BCUT2D eigenvalue weighted by Gasteiger charge is -2.21. The standard InChI is InChI=1S/C28H24N8O10S3/c1-3-36(18-9-5-4-6-10-18)28-30-16(2)29-27(32-28)31-21-15-19(47(38,39)40)13-17-14-23(49(44,45)46)25(26(35-37)24(17)21)34-33-20-11-7-8-12-22(20)48(41,42)43/h4-15H,3H2,1-2H3,(H,38,39,40)(H,41,42,43)(H,44,45,46)(H,29,30,31,32)/b34-33+. The molecule has 0 fully saturated rings. The third kappa shape index (κ3) is 7.56. The van der Waals surface area contributed by atoms with E-state index in [1.165, 1.54) is 12.1 Å². The molecule has 0 atom stereocenters. The van der Waals surface area contributed by atoms with Crippen molar-refractivity contribution in [1.29, 1.82) is 0 Å². The van der Waals surface area contributed by atoms with Crippen LogP contribution >= 0.6 is 0 Å². The average molecular weight is 729 g/mol. The van der Waals surface area contributed by atoms with Crippen LogP contribution in [0.25, 0.3) is 10.8 Å². The zero-order valence-corrected chi connectivity index (χ0v) is 27.6. The van der Waals surface area contributed by atoms with Gasteiger partial charge in [0.25, 0.3) is 30.4 Å². The second-order valence-electron chi connectivity index (χ2n) is 10.0. The normalized spacial score (nSPS) is 12.3. The van der Waals surface area contributed by atoms with Gasteiger partial charge in [-0.3, -0.25) is 13.7 Å². The number of hydrogen-bond donors (Lipinski definition) is 4. The molecule has 21 heteroatoms. The monoisotopic (exact) mass is 728 g/mol. The Hall–Kier alpha value is -5.32. The predicted molar refractivity (Wildman–Crippen MR) is 176 cm³/mol. The number of fused-ring (bicyclic) bond motifs is 1. The highest BCUT2D eigenvalue weighted by molar-refractivity contribution is 7.86. The number of benzene rings is 4. The quantitative estimate of drug-likeness (QED) is 0.0712.